The number of carbonyl (C=O) groups is 4. The summed E-state index contributed by atoms with van der Waals surface area (Å²) in [6.07, 6.45) is 0.221. The second-order valence-electron chi connectivity index (χ2n) is 11.2. The first-order valence-corrected chi connectivity index (χ1v) is 19.5. The normalized spacial score (nSPS) is 14.0. The maximum atomic E-state index is 12.6. The van der Waals surface area contributed by atoms with Crippen molar-refractivity contribution in [1.29, 1.82) is 0 Å². The molecule has 1 aromatic carbocycles. The molecule has 274 valence electrons. The molecule has 0 heterocycles. The van der Waals surface area contributed by atoms with Gasteiger partial charge < -0.3 is 50.8 Å². The molecule has 9 N–H and O–H groups in total. The van der Waals surface area contributed by atoms with E-state index in [2.05, 4.69) is 26.2 Å². The van der Waals surface area contributed by atoms with Crippen molar-refractivity contribution in [2.24, 2.45) is 0 Å². The number of benzene rings is 1. The van der Waals surface area contributed by atoms with Crippen LogP contribution in [0.2, 0.25) is 0 Å². The molecule has 1 rings (SSSR count). The van der Waals surface area contributed by atoms with Crippen LogP contribution in [0.25, 0.3) is 0 Å². The Morgan fingerprint density at radius 3 is 1.73 bits per heavy atom. The van der Waals surface area contributed by atoms with Gasteiger partial charge in [-0.25, -0.2) is 0 Å². The van der Waals surface area contributed by atoms with E-state index >= 15 is 0 Å². The van der Waals surface area contributed by atoms with E-state index in [1.165, 1.54) is 20.8 Å². The van der Waals surface area contributed by atoms with Crippen LogP contribution in [-0.4, -0.2) is 103 Å². The summed E-state index contributed by atoms with van der Waals surface area (Å²) in [5, 5.41) is 16.3. The molecule has 0 saturated heterocycles. The summed E-state index contributed by atoms with van der Waals surface area (Å²) < 4.78 is 22.8. The van der Waals surface area contributed by atoms with Gasteiger partial charge in [0.15, 0.2) is 0 Å². The number of halogens is 2. The molecule has 1 aromatic rings. The molecule has 0 aromatic heterocycles. The first kappa shape index (κ1) is 43.8. The Kier molecular flexibility index (Phi) is 18.6. The van der Waals surface area contributed by atoms with Gasteiger partial charge >= 0.3 is 15.2 Å². The molecule has 4 amide bonds. The maximum absolute atomic E-state index is 12.6. The third-order valence-electron chi connectivity index (χ3n) is 7.33. The zero-order chi connectivity index (χ0) is 36.7. The van der Waals surface area contributed by atoms with Gasteiger partial charge in [0.05, 0.1) is 0 Å². The van der Waals surface area contributed by atoms with Gasteiger partial charge in [-0.1, -0.05) is 12.1 Å². The second-order valence-corrected chi connectivity index (χ2v) is 16.0. The number of amides is 4. The smallest absolute Gasteiger partial charge is 0.369 e. The van der Waals surface area contributed by atoms with Gasteiger partial charge in [-0.15, -0.1) is 23.2 Å². The molecule has 3 atom stereocenters. The van der Waals surface area contributed by atoms with E-state index in [0.29, 0.717) is 37.7 Å². The van der Waals surface area contributed by atoms with E-state index in [0.717, 1.165) is 11.3 Å². The third-order valence-corrected chi connectivity index (χ3v) is 11.5. The molecule has 0 aliphatic rings. The van der Waals surface area contributed by atoms with Crippen molar-refractivity contribution >= 4 is 67.7 Å². The molecule has 0 bridgehead atoms. The number of aliphatic hydroxyl groups is 1. The Bertz CT molecular complexity index is 1290. The van der Waals surface area contributed by atoms with E-state index in [9.17, 15) is 33.4 Å². The Hall–Kier alpha value is -2.26. The molecule has 0 unspecified atom stereocenters. The average Bonchev–Trinajstić information content (AvgIpc) is 2.99. The van der Waals surface area contributed by atoms with Gasteiger partial charge in [0.2, 0.25) is 23.6 Å². The lowest BCUT2D eigenvalue weighted by Crippen LogP contribution is -2.54. The van der Waals surface area contributed by atoms with Crippen LogP contribution in [0.4, 0.5) is 5.69 Å². The Morgan fingerprint density at radius 1 is 0.771 bits per heavy atom. The predicted molar refractivity (Wildman–Crippen MR) is 182 cm³/mol. The zero-order valence-corrected chi connectivity index (χ0v) is 30.4. The van der Waals surface area contributed by atoms with Crippen molar-refractivity contribution in [2.75, 3.05) is 36.3 Å². The maximum Gasteiger partial charge on any atom is 0.369 e. The largest absolute Gasteiger partial charge is 0.369 e. The van der Waals surface area contributed by atoms with Crippen LogP contribution in [0.1, 0.15) is 58.4 Å². The van der Waals surface area contributed by atoms with Crippen LogP contribution < -0.4 is 26.2 Å². The van der Waals surface area contributed by atoms with Crippen molar-refractivity contribution in [3.8, 4) is 0 Å². The fraction of sp³-hybridized carbons (Fsp3) is 0.643. The standard InChI is InChI=1S/C28H47Cl2N5O11P2/c1-19(25(37)31-16-5-4-13-28(40,47(41,42)43)48(44,45)46)33-27(39)21(3)34-26(38)20(2)32-24(36)8-6-7-22-9-11-23(12-10-22)35(17-14-29)18-15-30/h9-12,19-21,40H,4-8,13-18H2,1-3H3,(H,31,37)(H,32,36)(H,33,39)(H,34,38)(H2,41,42,43)(H2,44,45,46)/t19-,20-,21-/m0/s1. The minimum Gasteiger partial charge on any atom is -0.369 e. The lowest BCUT2D eigenvalue weighted by Gasteiger charge is -2.29. The number of anilines is 1. The molecular formula is C28H47Cl2N5O11P2. The molecule has 0 saturated carbocycles. The Labute approximate surface area is 290 Å². The summed E-state index contributed by atoms with van der Waals surface area (Å²) >= 11 is 11.7. The summed E-state index contributed by atoms with van der Waals surface area (Å²) in [6.45, 7) is 5.51. The van der Waals surface area contributed by atoms with Gasteiger partial charge in [0.25, 0.3) is 5.08 Å². The van der Waals surface area contributed by atoms with E-state index in [1.807, 2.05) is 24.3 Å². The highest BCUT2D eigenvalue weighted by molar-refractivity contribution is 7.72. The van der Waals surface area contributed by atoms with Crippen LogP contribution in [-0.2, 0) is 34.7 Å². The molecule has 0 radical (unpaired) electrons. The van der Waals surface area contributed by atoms with Gasteiger partial charge in [-0.3, -0.25) is 28.3 Å². The summed E-state index contributed by atoms with van der Waals surface area (Å²) in [7, 11) is -11.1. The lowest BCUT2D eigenvalue weighted by atomic mass is 10.1. The summed E-state index contributed by atoms with van der Waals surface area (Å²) in [6, 6.07) is 4.87. The van der Waals surface area contributed by atoms with Crippen LogP contribution in [0.15, 0.2) is 24.3 Å². The summed E-state index contributed by atoms with van der Waals surface area (Å²) in [5.41, 5.74) is 2.06. The van der Waals surface area contributed by atoms with E-state index in [1.54, 1.807) is 0 Å². The predicted octanol–water partition coefficient (Wildman–Crippen LogP) is 1.10. The van der Waals surface area contributed by atoms with Gasteiger partial charge in [0, 0.05) is 43.5 Å². The number of aryl methyl sites for hydroxylation is 1. The molecule has 16 nitrogen and oxygen atoms in total. The van der Waals surface area contributed by atoms with E-state index < -0.39 is 62.5 Å². The van der Waals surface area contributed by atoms with Crippen LogP contribution >= 0.6 is 38.4 Å². The van der Waals surface area contributed by atoms with Crippen molar-refractivity contribution in [2.45, 2.75) is 82.5 Å². The molecule has 0 spiro atoms. The minimum absolute atomic E-state index is 0.00159. The monoisotopic (exact) mass is 761 g/mol. The first-order chi connectivity index (χ1) is 22.3. The number of nitrogens with one attached hydrogen (secondary N) is 4. The van der Waals surface area contributed by atoms with Gasteiger partial charge in [0.1, 0.15) is 18.1 Å². The third kappa shape index (κ3) is 14.3. The number of rotatable bonds is 22. The van der Waals surface area contributed by atoms with Crippen LogP contribution in [0, 0.1) is 0 Å². The molecule has 48 heavy (non-hydrogen) atoms. The fourth-order valence-corrected chi connectivity index (χ4v) is 7.06. The highest BCUT2D eigenvalue weighted by atomic mass is 35.5. The van der Waals surface area contributed by atoms with E-state index in [4.69, 9.17) is 42.8 Å². The highest BCUT2D eigenvalue weighted by Crippen LogP contribution is 2.69. The van der Waals surface area contributed by atoms with Crippen LogP contribution in [0.3, 0.4) is 0 Å². The fourth-order valence-electron chi connectivity index (χ4n) is 4.40. The number of hydrogen-bond acceptors (Lipinski definition) is 8. The molecule has 0 fully saturated rings. The Balaban J connectivity index is 2.42. The van der Waals surface area contributed by atoms with Crippen molar-refractivity contribution in [3.63, 3.8) is 0 Å². The van der Waals surface area contributed by atoms with Crippen molar-refractivity contribution in [1.82, 2.24) is 21.3 Å². The first-order valence-electron chi connectivity index (χ1n) is 15.2. The lowest BCUT2D eigenvalue weighted by molar-refractivity contribution is -0.133. The topological polar surface area (TPSA) is 255 Å². The average molecular weight is 763 g/mol. The molecular weight excluding hydrogens is 715 g/mol. The number of nitrogens with zero attached hydrogens (tertiary/aromatic N) is 1. The highest BCUT2D eigenvalue weighted by Gasteiger charge is 2.58. The number of carbonyl (C=O) groups excluding carboxylic acids is 4. The van der Waals surface area contributed by atoms with Crippen LogP contribution in [0.5, 0.6) is 0 Å². The number of unbranched alkanes of at least 4 members (excludes halogenated alkanes) is 1. The summed E-state index contributed by atoms with van der Waals surface area (Å²) in [4.78, 5) is 88.6. The van der Waals surface area contributed by atoms with Gasteiger partial charge in [-0.2, -0.15) is 0 Å². The van der Waals surface area contributed by atoms with Crippen molar-refractivity contribution < 1.29 is 53.0 Å². The van der Waals surface area contributed by atoms with E-state index in [-0.39, 0.29) is 31.7 Å². The second kappa shape index (κ2) is 20.4. The number of hydrogen-bond donors (Lipinski definition) is 9. The zero-order valence-electron chi connectivity index (χ0n) is 27.1. The number of alkyl halides is 2. The summed E-state index contributed by atoms with van der Waals surface area (Å²) in [5.74, 6) is -1.30. The van der Waals surface area contributed by atoms with Gasteiger partial charge in [-0.05, 0) is 70.6 Å². The molecule has 0 aliphatic carbocycles. The molecule has 0 aliphatic heterocycles. The minimum atomic E-state index is -5.56. The SMILES string of the molecule is C[C@H](NC(=O)CCCc1ccc(N(CCCl)CCCl)cc1)C(=O)N[C@@H](C)C(=O)N[C@@H](C)C(=O)NCCCCC(O)(P(=O)(O)O)P(=O)(O)O. The van der Waals surface area contributed by atoms with Crippen molar-refractivity contribution in [3.05, 3.63) is 29.8 Å². The molecule has 20 heteroatoms. The Morgan fingerprint density at radius 2 is 1.25 bits per heavy atom. The quantitative estimate of drug-likeness (QED) is 0.0458.